The van der Waals surface area contributed by atoms with Crippen LogP contribution in [0.3, 0.4) is 0 Å². The van der Waals surface area contributed by atoms with E-state index in [0.717, 1.165) is 11.5 Å². The molecular formula is C11H12N4O. The molecule has 2 aromatic rings. The highest BCUT2D eigenvalue weighted by Crippen LogP contribution is 2.16. The topological polar surface area (TPSA) is 73.1 Å². The fourth-order valence-corrected chi connectivity index (χ4v) is 1.20. The number of methoxy groups -OCH3 is 1. The minimum Gasteiger partial charge on any atom is -0.481 e. The highest BCUT2D eigenvalue weighted by molar-refractivity contribution is 5.56. The second-order valence-corrected chi connectivity index (χ2v) is 3.19. The molecule has 2 aromatic heterocycles. The zero-order valence-electron chi connectivity index (χ0n) is 8.84. The van der Waals surface area contributed by atoms with Crippen LogP contribution >= 0.6 is 0 Å². The van der Waals surface area contributed by atoms with E-state index < -0.39 is 0 Å². The lowest BCUT2D eigenvalue weighted by atomic mass is 10.4. The van der Waals surface area contributed by atoms with Crippen molar-refractivity contribution in [3.63, 3.8) is 0 Å². The molecule has 0 aliphatic heterocycles. The molecule has 0 aliphatic rings. The fraction of sp³-hybridized carbons (Fsp3) is 0.0909. The van der Waals surface area contributed by atoms with Crippen LogP contribution in [0.4, 0.5) is 17.2 Å². The van der Waals surface area contributed by atoms with Crippen LogP contribution < -0.4 is 15.8 Å². The second kappa shape index (κ2) is 4.48. The van der Waals surface area contributed by atoms with Crippen LogP contribution in [0.15, 0.2) is 36.7 Å². The van der Waals surface area contributed by atoms with Gasteiger partial charge in [0.15, 0.2) is 0 Å². The van der Waals surface area contributed by atoms with E-state index in [-0.39, 0.29) is 0 Å². The van der Waals surface area contributed by atoms with Crippen molar-refractivity contribution in [2.24, 2.45) is 0 Å². The molecule has 82 valence electrons. The molecule has 5 heteroatoms. The van der Waals surface area contributed by atoms with E-state index >= 15 is 0 Å². The lowest BCUT2D eigenvalue weighted by molar-refractivity contribution is 0.398. The first kappa shape index (κ1) is 10.2. The van der Waals surface area contributed by atoms with Crippen molar-refractivity contribution in [2.75, 3.05) is 18.2 Å². The van der Waals surface area contributed by atoms with Gasteiger partial charge in [0.2, 0.25) is 5.88 Å². The van der Waals surface area contributed by atoms with Gasteiger partial charge >= 0.3 is 0 Å². The van der Waals surface area contributed by atoms with Gasteiger partial charge in [-0.05, 0) is 18.2 Å². The van der Waals surface area contributed by atoms with Gasteiger partial charge in [-0.2, -0.15) is 0 Å². The van der Waals surface area contributed by atoms with Gasteiger partial charge in [-0.3, -0.25) is 0 Å². The lowest BCUT2D eigenvalue weighted by Gasteiger charge is -2.05. The van der Waals surface area contributed by atoms with Crippen LogP contribution in [0.25, 0.3) is 0 Å². The quantitative estimate of drug-likeness (QED) is 0.818. The third kappa shape index (κ3) is 2.38. The minimum atomic E-state index is 0.579. The predicted molar refractivity (Wildman–Crippen MR) is 62.7 cm³/mol. The van der Waals surface area contributed by atoms with Crippen LogP contribution in [0.2, 0.25) is 0 Å². The van der Waals surface area contributed by atoms with Crippen molar-refractivity contribution in [1.29, 1.82) is 0 Å². The molecule has 0 aromatic carbocycles. The Morgan fingerprint density at radius 2 is 2.00 bits per heavy atom. The molecule has 0 bridgehead atoms. The summed E-state index contributed by atoms with van der Waals surface area (Å²) in [6.07, 6.45) is 3.27. The third-order valence-electron chi connectivity index (χ3n) is 2.00. The number of rotatable bonds is 3. The largest absolute Gasteiger partial charge is 0.481 e. The van der Waals surface area contributed by atoms with Crippen molar-refractivity contribution >= 4 is 17.2 Å². The molecule has 0 radical (unpaired) electrons. The zero-order chi connectivity index (χ0) is 11.4. The highest BCUT2D eigenvalue weighted by atomic mass is 16.5. The van der Waals surface area contributed by atoms with E-state index in [1.54, 1.807) is 37.7 Å². The molecular weight excluding hydrogens is 204 g/mol. The van der Waals surface area contributed by atoms with Gasteiger partial charge in [-0.25, -0.2) is 9.97 Å². The number of pyridine rings is 2. The average Bonchev–Trinajstić information content (AvgIpc) is 2.33. The van der Waals surface area contributed by atoms with Crippen molar-refractivity contribution in [3.05, 3.63) is 36.7 Å². The van der Waals surface area contributed by atoms with Crippen molar-refractivity contribution in [1.82, 2.24) is 9.97 Å². The SMILES string of the molecule is COc1ccc(Nc2ccc(N)cn2)cn1. The number of nitrogens with one attached hydrogen (secondary N) is 1. The van der Waals surface area contributed by atoms with Crippen LogP contribution in [-0.4, -0.2) is 17.1 Å². The minimum absolute atomic E-state index is 0.579. The summed E-state index contributed by atoms with van der Waals surface area (Å²) in [7, 11) is 1.58. The summed E-state index contributed by atoms with van der Waals surface area (Å²) < 4.78 is 4.96. The number of hydrogen-bond donors (Lipinski definition) is 2. The number of aromatic nitrogens is 2. The molecule has 5 nitrogen and oxygen atoms in total. The Kier molecular flexibility index (Phi) is 2.86. The summed E-state index contributed by atoms with van der Waals surface area (Å²) in [6, 6.07) is 7.23. The third-order valence-corrected chi connectivity index (χ3v) is 2.00. The Balaban J connectivity index is 2.11. The summed E-state index contributed by atoms with van der Waals surface area (Å²) in [4.78, 5) is 8.19. The van der Waals surface area contributed by atoms with Crippen molar-refractivity contribution in [3.8, 4) is 5.88 Å². The van der Waals surface area contributed by atoms with E-state index in [9.17, 15) is 0 Å². The van der Waals surface area contributed by atoms with Crippen LogP contribution in [0.1, 0.15) is 0 Å². The Morgan fingerprint density at radius 1 is 1.12 bits per heavy atom. The number of hydrogen-bond acceptors (Lipinski definition) is 5. The number of nitrogens with two attached hydrogens (primary N) is 1. The molecule has 0 saturated heterocycles. The summed E-state index contributed by atoms with van der Waals surface area (Å²) in [5, 5.41) is 3.10. The maximum atomic E-state index is 5.54. The number of ether oxygens (including phenoxy) is 1. The smallest absolute Gasteiger partial charge is 0.213 e. The van der Waals surface area contributed by atoms with Gasteiger partial charge in [0.1, 0.15) is 5.82 Å². The summed E-state index contributed by atoms with van der Waals surface area (Å²) in [5.74, 6) is 1.30. The molecule has 0 spiro atoms. The first-order valence-electron chi connectivity index (χ1n) is 4.76. The molecule has 3 N–H and O–H groups in total. The Labute approximate surface area is 93.3 Å². The van der Waals surface area contributed by atoms with Crippen molar-refractivity contribution < 1.29 is 4.74 Å². The molecule has 0 saturated carbocycles. The monoisotopic (exact) mass is 216 g/mol. The van der Waals surface area contributed by atoms with E-state index in [1.807, 2.05) is 6.07 Å². The maximum Gasteiger partial charge on any atom is 0.213 e. The van der Waals surface area contributed by atoms with Gasteiger partial charge < -0.3 is 15.8 Å². The first-order valence-corrected chi connectivity index (χ1v) is 4.76. The number of nitrogens with zero attached hydrogens (tertiary/aromatic N) is 2. The Bertz CT molecular complexity index is 452. The van der Waals surface area contributed by atoms with Gasteiger partial charge in [0, 0.05) is 6.07 Å². The summed E-state index contributed by atoms with van der Waals surface area (Å²) in [5.41, 5.74) is 7.02. The Morgan fingerprint density at radius 3 is 2.56 bits per heavy atom. The lowest BCUT2D eigenvalue weighted by Crippen LogP contribution is -1.95. The fourth-order valence-electron chi connectivity index (χ4n) is 1.20. The first-order chi connectivity index (χ1) is 7.78. The summed E-state index contributed by atoms with van der Waals surface area (Å²) in [6.45, 7) is 0. The maximum absolute atomic E-state index is 5.54. The average molecular weight is 216 g/mol. The number of anilines is 3. The summed E-state index contributed by atoms with van der Waals surface area (Å²) >= 11 is 0. The highest BCUT2D eigenvalue weighted by Gasteiger charge is 1.97. The standard InChI is InChI=1S/C11H12N4O/c1-16-11-5-3-9(7-14-11)15-10-4-2-8(12)6-13-10/h2-7H,12H2,1H3,(H,13,15). The molecule has 2 heterocycles. The van der Waals surface area contributed by atoms with Crippen LogP contribution in [0.5, 0.6) is 5.88 Å². The molecule has 2 rings (SSSR count). The van der Waals surface area contributed by atoms with Crippen LogP contribution in [-0.2, 0) is 0 Å². The molecule has 16 heavy (non-hydrogen) atoms. The van der Waals surface area contributed by atoms with Gasteiger partial charge in [-0.15, -0.1) is 0 Å². The van der Waals surface area contributed by atoms with Crippen LogP contribution in [0, 0.1) is 0 Å². The van der Waals surface area contributed by atoms with Gasteiger partial charge in [0.05, 0.1) is 30.9 Å². The zero-order valence-corrected chi connectivity index (χ0v) is 8.84. The van der Waals surface area contributed by atoms with E-state index in [2.05, 4.69) is 15.3 Å². The van der Waals surface area contributed by atoms with E-state index in [1.165, 1.54) is 0 Å². The molecule has 0 atom stereocenters. The van der Waals surface area contributed by atoms with E-state index in [4.69, 9.17) is 10.5 Å². The Hall–Kier alpha value is -2.30. The van der Waals surface area contributed by atoms with Crippen molar-refractivity contribution in [2.45, 2.75) is 0 Å². The van der Waals surface area contributed by atoms with Gasteiger partial charge in [-0.1, -0.05) is 0 Å². The predicted octanol–water partition coefficient (Wildman–Crippen LogP) is 1.81. The molecule has 0 aliphatic carbocycles. The molecule has 0 fully saturated rings. The molecule has 0 unspecified atom stereocenters. The van der Waals surface area contributed by atoms with E-state index in [0.29, 0.717) is 11.6 Å². The second-order valence-electron chi connectivity index (χ2n) is 3.19. The normalized spacial score (nSPS) is 9.81. The van der Waals surface area contributed by atoms with Gasteiger partial charge in [0.25, 0.3) is 0 Å². The number of nitrogen functional groups attached to an aromatic ring is 1. The molecule has 0 amide bonds.